The Morgan fingerprint density at radius 3 is 2.59 bits per heavy atom. The Morgan fingerprint density at radius 2 is 1.88 bits per heavy atom. The number of nitrogens with zero attached hydrogens (tertiary/aromatic N) is 7. The summed E-state index contributed by atoms with van der Waals surface area (Å²) in [6, 6.07) is 16.0. The smallest absolute Gasteiger partial charge is 0.251 e. The topological polar surface area (TPSA) is 135 Å². The molecule has 162 valence electrons. The molecule has 10 nitrogen and oxygen atoms in total. The number of aromatic nitrogens is 4. The SMILES string of the molecule is CCCC1(O)C(Cc2ccc(-c3ccccc3-c3nn[nH]n3)cc2)=CN=C2N=NC(O)N21. The van der Waals surface area contributed by atoms with E-state index in [0.29, 0.717) is 24.2 Å². The fourth-order valence-corrected chi connectivity index (χ4v) is 4.19. The Morgan fingerprint density at radius 1 is 1.09 bits per heavy atom. The Hall–Kier alpha value is -3.76. The molecule has 0 radical (unpaired) electrons. The molecule has 5 rings (SSSR count). The normalized spacial score (nSPS) is 22.0. The highest BCUT2D eigenvalue weighted by Crippen LogP contribution is 2.37. The highest BCUT2D eigenvalue weighted by Gasteiger charge is 2.47. The van der Waals surface area contributed by atoms with Crippen LogP contribution >= 0.6 is 0 Å². The van der Waals surface area contributed by atoms with Gasteiger partial charge in [-0.25, -0.2) is 4.99 Å². The van der Waals surface area contributed by atoms with Gasteiger partial charge in [-0.15, -0.1) is 20.4 Å². The first kappa shape index (κ1) is 20.2. The number of aliphatic hydroxyl groups excluding tert-OH is 1. The van der Waals surface area contributed by atoms with E-state index < -0.39 is 12.1 Å². The number of hydrogen-bond donors (Lipinski definition) is 3. The van der Waals surface area contributed by atoms with Crippen molar-refractivity contribution < 1.29 is 10.2 Å². The molecule has 2 aromatic carbocycles. The first-order valence-corrected chi connectivity index (χ1v) is 10.4. The first-order chi connectivity index (χ1) is 15.6. The second kappa shape index (κ2) is 8.06. The second-order valence-electron chi connectivity index (χ2n) is 7.74. The number of aliphatic imine (C=N–C) groups is 1. The summed E-state index contributed by atoms with van der Waals surface area (Å²) in [4.78, 5) is 5.66. The Kier molecular flexibility index (Phi) is 5.08. The fraction of sp³-hybridized carbons (Fsp3) is 0.273. The lowest BCUT2D eigenvalue weighted by Crippen LogP contribution is -2.56. The number of hydrogen-bond acceptors (Lipinski definition) is 9. The lowest BCUT2D eigenvalue weighted by Gasteiger charge is -2.41. The zero-order valence-electron chi connectivity index (χ0n) is 17.4. The van der Waals surface area contributed by atoms with E-state index in [9.17, 15) is 10.2 Å². The maximum absolute atomic E-state index is 11.5. The van der Waals surface area contributed by atoms with E-state index in [0.717, 1.165) is 28.7 Å². The number of nitrogens with one attached hydrogen (secondary N) is 1. The van der Waals surface area contributed by atoms with Crippen LogP contribution in [0, 0.1) is 0 Å². The largest absolute Gasteiger partial charge is 0.367 e. The summed E-state index contributed by atoms with van der Waals surface area (Å²) in [5, 5.41) is 43.6. The van der Waals surface area contributed by atoms with Gasteiger partial charge in [0.05, 0.1) is 0 Å². The molecule has 2 aliphatic heterocycles. The summed E-state index contributed by atoms with van der Waals surface area (Å²) in [7, 11) is 0. The number of H-pyrrole nitrogens is 1. The van der Waals surface area contributed by atoms with Crippen LogP contribution in [0.2, 0.25) is 0 Å². The van der Waals surface area contributed by atoms with Crippen LogP contribution in [0.5, 0.6) is 0 Å². The van der Waals surface area contributed by atoms with Gasteiger partial charge in [-0.1, -0.05) is 61.9 Å². The summed E-state index contributed by atoms with van der Waals surface area (Å²) in [5.41, 5.74) is 3.21. The molecule has 2 unspecified atom stereocenters. The zero-order valence-corrected chi connectivity index (χ0v) is 17.4. The van der Waals surface area contributed by atoms with Crippen LogP contribution in [0.15, 0.2) is 75.5 Å². The summed E-state index contributed by atoms with van der Waals surface area (Å²) in [6.07, 6.45) is 2.02. The van der Waals surface area contributed by atoms with Crippen LogP contribution < -0.4 is 0 Å². The van der Waals surface area contributed by atoms with Crippen molar-refractivity contribution in [3.63, 3.8) is 0 Å². The van der Waals surface area contributed by atoms with Gasteiger partial charge in [-0.3, -0.25) is 4.90 Å². The van der Waals surface area contributed by atoms with E-state index in [-0.39, 0.29) is 5.96 Å². The molecule has 3 aromatic rings. The molecule has 2 aliphatic rings. The Bertz CT molecular complexity index is 1200. The van der Waals surface area contributed by atoms with Gasteiger partial charge in [0.1, 0.15) is 0 Å². The predicted molar refractivity (Wildman–Crippen MR) is 117 cm³/mol. The van der Waals surface area contributed by atoms with Crippen LogP contribution in [0.3, 0.4) is 0 Å². The van der Waals surface area contributed by atoms with Gasteiger partial charge in [0.25, 0.3) is 5.96 Å². The molecule has 3 heterocycles. The van der Waals surface area contributed by atoms with Crippen molar-refractivity contribution >= 4 is 5.96 Å². The molecule has 0 saturated carbocycles. The van der Waals surface area contributed by atoms with Crippen molar-refractivity contribution in [1.29, 1.82) is 0 Å². The number of benzene rings is 2. The third kappa shape index (κ3) is 3.39. The number of fused-ring (bicyclic) bond motifs is 1. The van der Waals surface area contributed by atoms with Gasteiger partial charge in [0.15, 0.2) is 5.72 Å². The molecule has 0 aliphatic carbocycles. The maximum Gasteiger partial charge on any atom is 0.251 e. The van der Waals surface area contributed by atoms with Crippen molar-refractivity contribution in [3.05, 3.63) is 65.9 Å². The molecular formula is C22H22N8O2. The number of guanidine groups is 1. The molecule has 0 saturated heterocycles. The summed E-state index contributed by atoms with van der Waals surface area (Å²) in [6.45, 7) is 1.98. The van der Waals surface area contributed by atoms with E-state index in [1.165, 1.54) is 4.90 Å². The molecule has 10 heteroatoms. The van der Waals surface area contributed by atoms with E-state index in [4.69, 9.17) is 0 Å². The summed E-state index contributed by atoms with van der Waals surface area (Å²) >= 11 is 0. The van der Waals surface area contributed by atoms with Gasteiger partial charge in [0, 0.05) is 17.3 Å². The molecule has 2 atom stereocenters. The number of aromatic amines is 1. The Balaban J connectivity index is 1.43. The average molecular weight is 430 g/mol. The van der Waals surface area contributed by atoms with Crippen molar-refractivity contribution in [2.24, 2.45) is 15.2 Å². The van der Waals surface area contributed by atoms with Crippen LogP contribution in [-0.4, -0.2) is 53.8 Å². The minimum atomic E-state index is -1.39. The van der Waals surface area contributed by atoms with Gasteiger partial charge in [0.2, 0.25) is 12.2 Å². The molecule has 0 amide bonds. The van der Waals surface area contributed by atoms with Gasteiger partial charge < -0.3 is 10.2 Å². The van der Waals surface area contributed by atoms with E-state index in [2.05, 4.69) is 35.8 Å². The molecule has 0 fully saturated rings. The predicted octanol–water partition coefficient (Wildman–Crippen LogP) is 2.86. The minimum absolute atomic E-state index is 0.227. The van der Waals surface area contributed by atoms with E-state index >= 15 is 0 Å². The van der Waals surface area contributed by atoms with E-state index in [1.54, 1.807) is 6.20 Å². The summed E-state index contributed by atoms with van der Waals surface area (Å²) in [5.74, 6) is 0.765. The quantitative estimate of drug-likeness (QED) is 0.550. The van der Waals surface area contributed by atoms with Crippen molar-refractivity contribution in [2.75, 3.05) is 0 Å². The molecule has 3 N–H and O–H groups in total. The monoisotopic (exact) mass is 430 g/mol. The van der Waals surface area contributed by atoms with Gasteiger partial charge in [-0.05, 0) is 34.7 Å². The van der Waals surface area contributed by atoms with Crippen LogP contribution in [0.4, 0.5) is 0 Å². The second-order valence-corrected chi connectivity index (χ2v) is 7.74. The van der Waals surface area contributed by atoms with Gasteiger partial charge >= 0.3 is 0 Å². The number of azo groups is 1. The third-order valence-electron chi connectivity index (χ3n) is 5.72. The fourth-order valence-electron chi connectivity index (χ4n) is 4.19. The Labute approximate surface area is 184 Å². The van der Waals surface area contributed by atoms with Crippen molar-refractivity contribution in [2.45, 2.75) is 38.3 Å². The minimum Gasteiger partial charge on any atom is -0.367 e. The standard InChI is InChI=1S/C22H22N8O2/c1-2-11-22(32)16(13-23-20-26-27-21(31)30(20)22)12-14-7-9-15(10-8-14)17-5-3-4-6-18(17)19-24-28-29-25-19/h3-10,13,21,31-32H,2,11-12H2,1H3,(H,24,25,28,29). The molecule has 0 bridgehead atoms. The molecule has 0 spiro atoms. The summed E-state index contributed by atoms with van der Waals surface area (Å²) < 4.78 is 0. The first-order valence-electron chi connectivity index (χ1n) is 10.4. The maximum atomic E-state index is 11.5. The lowest BCUT2D eigenvalue weighted by atomic mass is 9.89. The highest BCUT2D eigenvalue weighted by atomic mass is 16.4. The molecule has 32 heavy (non-hydrogen) atoms. The molecule has 1 aromatic heterocycles. The van der Waals surface area contributed by atoms with Crippen LogP contribution in [0.1, 0.15) is 25.3 Å². The van der Waals surface area contributed by atoms with Gasteiger partial charge in [-0.2, -0.15) is 5.21 Å². The number of tetrazole rings is 1. The van der Waals surface area contributed by atoms with Crippen LogP contribution in [-0.2, 0) is 6.42 Å². The zero-order chi connectivity index (χ0) is 22.1. The van der Waals surface area contributed by atoms with Crippen molar-refractivity contribution in [3.8, 4) is 22.5 Å². The number of aliphatic hydroxyl groups is 2. The number of rotatable bonds is 6. The highest BCUT2D eigenvalue weighted by molar-refractivity contribution is 5.84. The van der Waals surface area contributed by atoms with Crippen molar-refractivity contribution in [1.82, 2.24) is 25.5 Å². The van der Waals surface area contributed by atoms with E-state index in [1.807, 2.05) is 55.5 Å². The average Bonchev–Trinajstić information content (AvgIpc) is 3.47. The lowest BCUT2D eigenvalue weighted by molar-refractivity contribution is -0.111. The third-order valence-corrected chi connectivity index (χ3v) is 5.72. The molecular weight excluding hydrogens is 408 g/mol. The van der Waals surface area contributed by atoms with Crippen LogP contribution in [0.25, 0.3) is 22.5 Å².